The maximum absolute atomic E-state index is 12.6. The van der Waals surface area contributed by atoms with E-state index in [0.29, 0.717) is 5.56 Å². The van der Waals surface area contributed by atoms with Crippen molar-refractivity contribution in [1.82, 2.24) is 5.32 Å². The molecule has 0 bridgehead atoms. The number of carbonyl (C=O) groups excluding carboxylic acids is 4. The molecule has 3 atom stereocenters. The molecule has 1 rings (SSSR count). The highest BCUT2D eigenvalue weighted by molar-refractivity contribution is 5.97. The minimum absolute atomic E-state index is 0.561. The number of rotatable bonds is 9. The third-order valence-electron chi connectivity index (χ3n) is 4.14. The Labute approximate surface area is 157 Å². The first-order valence-corrected chi connectivity index (χ1v) is 8.11. The highest BCUT2D eigenvalue weighted by Gasteiger charge is 2.41. The lowest BCUT2D eigenvalue weighted by Gasteiger charge is -2.28. The SMILES string of the molecule is COC(=O)C(C(=O)OC)[C@H](C)[C@@H](NC(=O)[C@H](OC)c1ccccc1)C(N)=O. The Balaban J connectivity index is 3.09. The summed E-state index contributed by atoms with van der Waals surface area (Å²) >= 11 is 0. The fourth-order valence-corrected chi connectivity index (χ4v) is 2.68. The van der Waals surface area contributed by atoms with Gasteiger partial charge in [-0.3, -0.25) is 19.2 Å². The molecule has 27 heavy (non-hydrogen) atoms. The monoisotopic (exact) mass is 380 g/mol. The van der Waals surface area contributed by atoms with Gasteiger partial charge < -0.3 is 25.3 Å². The third kappa shape index (κ3) is 5.52. The van der Waals surface area contributed by atoms with E-state index in [9.17, 15) is 19.2 Å². The van der Waals surface area contributed by atoms with Gasteiger partial charge >= 0.3 is 11.9 Å². The van der Waals surface area contributed by atoms with Crippen LogP contribution in [0.3, 0.4) is 0 Å². The second-order valence-electron chi connectivity index (χ2n) is 5.80. The molecule has 1 aromatic rings. The number of methoxy groups -OCH3 is 3. The van der Waals surface area contributed by atoms with Crippen LogP contribution in [0.15, 0.2) is 30.3 Å². The summed E-state index contributed by atoms with van der Waals surface area (Å²) in [6, 6.07) is 7.27. The molecule has 0 radical (unpaired) electrons. The summed E-state index contributed by atoms with van der Waals surface area (Å²) in [6.45, 7) is 1.42. The number of esters is 2. The molecule has 9 nitrogen and oxygen atoms in total. The number of amides is 2. The maximum atomic E-state index is 12.6. The van der Waals surface area contributed by atoms with Gasteiger partial charge in [0.2, 0.25) is 5.91 Å². The molecule has 0 aromatic heterocycles. The summed E-state index contributed by atoms with van der Waals surface area (Å²) < 4.78 is 14.4. The van der Waals surface area contributed by atoms with Gasteiger partial charge in [0.15, 0.2) is 12.0 Å². The van der Waals surface area contributed by atoms with Gasteiger partial charge in [-0.2, -0.15) is 0 Å². The van der Waals surface area contributed by atoms with E-state index in [2.05, 4.69) is 14.8 Å². The molecular formula is C18H24N2O7. The van der Waals surface area contributed by atoms with E-state index in [-0.39, 0.29) is 0 Å². The van der Waals surface area contributed by atoms with Gasteiger partial charge in [-0.25, -0.2) is 0 Å². The van der Waals surface area contributed by atoms with E-state index in [0.717, 1.165) is 14.2 Å². The summed E-state index contributed by atoms with van der Waals surface area (Å²) in [6.07, 6.45) is -1.00. The van der Waals surface area contributed by atoms with Crippen molar-refractivity contribution in [3.05, 3.63) is 35.9 Å². The lowest BCUT2D eigenvalue weighted by atomic mass is 9.86. The van der Waals surface area contributed by atoms with Crippen LogP contribution in [0.1, 0.15) is 18.6 Å². The smallest absolute Gasteiger partial charge is 0.320 e. The molecule has 0 aliphatic carbocycles. The van der Waals surface area contributed by atoms with Crippen LogP contribution in [0.5, 0.6) is 0 Å². The van der Waals surface area contributed by atoms with Crippen molar-refractivity contribution in [2.45, 2.75) is 19.1 Å². The van der Waals surface area contributed by atoms with Gasteiger partial charge in [0, 0.05) is 13.0 Å². The van der Waals surface area contributed by atoms with Crippen molar-refractivity contribution >= 4 is 23.8 Å². The first-order valence-electron chi connectivity index (χ1n) is 8.11. The van der Waals surface area contributed by atoms with Crippen LogP contribution in [0, 0.1) is 11.8 Å². The van der Waals surface area contributed by atoms with Gasteiger partial charge in [0.05, 0.1) is 14.2 Å². The number of nitrogens with one attached hydrogen (secondary N) is 1. The number of carbonyl (C=O) groups is 4. The highest BCUT2D eigenvalue weighted by atomic mass is 16.5. The molecule has 0 heterocycles. The highest BCUT2D eigenvalue weighted by Crippen LogP contribution is 2.22. The number of ether oxygens (including phenoxy) is 3. The zero-order valence-electron chi connectivity index (χ0n) is 15.6. The number of hydrogen-bond donors (Lipinski definition) is 2. The van der Waals surface area contributed by atoms with Crippen LogP contribution < -0.4 is 11.1 Å². The molecule has 0 fully saturated rings. The molecule has 0 aliphatic rings. The molecule has 2 amide bonds. The molecule has 0 saturated heterocycles. The average Bonchev–Trinajstić information content (AvgIpc) is 2.66. The molecule has 0 aliphatic heterocycles. The van der Waals surface area contributed by atoms with Gasteiger partial charge in [-0.05, 0) is 5.56 Å². The van der Waals surface area contributed by atoms with Gasteiger partial charge in [-0.1, -0.05) is 37.3 Å². The first kappa shape index (κ1) is 22.1. The van der Waals surface area contributed by atoms with Gasteiger partial charge in [-0.15, -0.1) is 0 Å². The second kappa shape index (κ2) is 10.3. The topological polar surface area (TPSA) is 134 Å². The number of primary amides is 1. The summed E-state index contributed by atoms with van der Waals surface area (Å²) in [5.41, 5.74) is 5.95. The summed E-state index contributed by atoms with van der Waals surface area (Å²) in [7, 11) is 3.53. The van der Waals surface area contributed by atoms with Crippen molar-refractivity contribution in [3.8, 4) is 0 Å². The van der Waals surface area contributed by atoms with E-state index < -0.39 is 47.7 Å². The Bertz CT molecular complexity index is 662. The molecule has 1 aromatic carbocycles. The molecular weight excluding hydrogens is 356 g/mol. The Morgan fingerprint density at radius 2 is 1.48 bits per heavy atom. The van der Waals surface area contributed by atoms with Crippen LogP contribution in [0.25, 0.3) is 0 Å². The van der Waals surface area contributed by atoms with E-state index in [1.807, 2.05) is 0 Å². The molecule has 148 valence electrons. The third-order valence-corrected chi connectivity index (χ3v) is 4.14. The molecule has 0 saturated carbocycles. The average molecular weight is 380 g/mol. The largest absolute Gasteiger partial charge is 0.468 e. The zero-order valence-corrected chi connectivity index (χ0v) is 15.6. The van der Waals surface area contributed by atoms with Crippen molar-refractivity contribution in [2.24, 2.45) is 17.6 Å². The number of nitrogens with two attached hydrogens (primary N) is 1. The maximum Gasteiger partial charge on any atom is 0.320 e. The van der Waals surface area contributed by atoms with E-state index >= 15 is 0 Å². The molecule has 0 unspecified atom stereocenters. The van der Waals surface area contributed by atoms with Crippen molar-refractivity contribution < 1.29 is 33.4 Å². The Morgan fingerprint density at radius 1 is 0.963 bits per heavy atom. The van der Waals surface area contributed by atoms with E-state index in [1.54, 1.807) is 30.3 Å². The lowest BCUT2D eigenvalue weighted by molar-refractivity contribution is -0.162. The van der Waals surface area contributed by atoms with Crippen molar-refractivity contribution in [3.63, 3.8) is 0 Å². The van der Waals surface area contributed by atoms with Gasteiger partial charge in [0.25, 0.3) is 5.91 Å². The normalized spacial score (nSPS) is 14.0. The first-order chi connectivity index (χ1) is 12.8. The quantitative estimate of drug-likeness (QED) is 0.453. The molecule has 9 heteroatoms. The van der Waals surface area contributed by atoms with Crippen molar-refractivity contribution in [2.75, 3.05) is 21.3 Å². The van der Waals surface area contributed by atoms with E-state index in [1.165, 1.54) is 14.0 Å². The van der Waals surface area contributed by atoms with Crippen LogP contribution >= 0.6 is 0 Å². The summed E-state index contributed by atoms with van der Waals surface area (Å²) in [4.78, 5) is 48.5. The Morgan fingerprint density at radius 3 is 1.89 bits per heavy atom. The lowest BCUT2D eigenvalue weighted by Crippen LogP contribution is -2.53. The second-order valence-corrected chi connectivity index (χ2v) is 5.80. The summed E-state index contributed by atoms with van der Waals surface area (Å²) in [5.74, 6) is -5.82. The Hall–Kier alpha value is -2.94. The minimum Gasteiger partial charge on any atom is -0.468 e. The van der Waals surface area contributed by atoms with Crippen LogP contribution in [-0.2, 0) is 33.4 Å². The number of hydrogen-bond acceptors (Lipinski definition) is 7. The van der Waals surface area contributed by atoms with Crippen LogP contribution in [-0.4, -0.2) is 51.1 Å². The van der Waals surface area contributed by atoms with Crippen molar-refractivity contribution in [1.29, 1.82) is 0 Å². The fraction of sp³-hybridized carbons (Fsp3) is 0.444. The fourth-order valence-electron chi connectivity index (χ4n) is 2.68. The van der Waals surface area contributed by atoms with Gasteiger partial charge in [0.1, 0.15) is 6.04 Å². The predicted molar refractivity (Wildman–Crippen MR) is 94.0 cm³/mol. The minimum atomic E-state index is -1.43. The predicted octanol–water partition coefficient (Wildman–Crippen LogP) is -0.0575. The molecule has 3 N–H and O–H groups in total. The Kier molecular flexibility index (Phi) is 8.40. The zero-order chi connectivity index (χ0) is 20.6. The van der Waals surface area contributed by atoms with Crippen LogP contribution in [0.2, 0.25) is 0 Å². The number of benzene rings is 1. The molecule has 0 spiro atoms. The standard InChI is InChI=1S/C18H24N2O7/c1-10(12(17(23)26-3)18(24)27-4)13(15(19)21)20-16(22)14(25-2)11-8-6-5-7-9-11/h5-10,12-14H,1-4H3,(H2,19,21)(H,20,22)/t10-,13+,14+/m0/s1. The summed E-state index contributed by atoms with van der Waals surface area (Å²) in [5, 5.41) is 2.45. The van der Waals surface area contributed by atoms with E-state index in [4.69, 9.17) is 10.5 Å². The van der Waals surface area contributed by atoms with Crippen LogP contribution in [0.4, 0.5) is 0 Å².